The minimum Gasteiger partial charge on any atom is -0.316 e. The van der Waals surface area contributed by atoms with E-state index in [0.717, 1.165) is 0 Å². The van der Waals surface area contributed by atoms with E-state index < -0.39 is 0 Å². The first-order valence-electron chi connectivity index (χ1n) is 6.73. The molecule has 2 heteroatoms. The van der Waals surface area contributed by atoms with Crippen LogP contribution in [-0.2, 0) is 6.42 Å². The molecule has 1 aromatic rings. The van der Waals surface area contributed by atoms with E-state index in [1.807, 2.05) is 0 Å². The van der Waals surface area contributed by atoms with Crippen LogP contribution in [0.15, 0.2) is 24.3 Å². The molecule has 1 saturated heterocycles. The Labute approximate surface area is 105 Å². The Balaban J connectivity index is 1.84. The molecular weight excluding hydrogens is 208 g/mol. The van der Waals surface area contributed by atoms with E-state index in [9.17, 15) is 0 Å². The van der Waals surface area contributed by atoms with Crippen LogP contribution in [0.1, 0.15) is 24.0 Å². The van der Waals surface area contributed by atoms with Gasteiger partial charge in [0.1, 0.15) is 0 Å². The fourth-order valence-corrected chi connectivity index (χ4v) is 2.66. The number of piperidine rings is 1. The number of hydrogen-bond donors (Lipinski definition) is 1. The van der Waals surface area contributed by atoms with Gasteiger partial charge in [0.05, 0.1) is 0 Å². The third kappa shape index (κ3) is 3.55. The topological polar surface area (TPSA) is 15.3 Å². The Morgan fingerprint density at radius 3 is 2.94 bits per heavy atom. The van der Waals surface area contributed by atoms with Gasteiger partial charge in [-0.05, 0) is 50.9 Å². The summed E-state index contributed by atoms with van der Waals surface area (Å²) in [7, 11) is 2.08. The molecule has 0 bridgehead atoms. The summed E-state index contributed by atoms with van der Waals surface area (Å²) in [5, 5.41) is 3.40. The van der Waals surface area contributed by atoms with Crippen LogP contribution in [0.2, 0.25) is 0 Å². The van der Waals surface area contributed by atoms with Crippen molar-refractivity contribution in [1.29, 1.82) is 0 Å². The molecule has 1 unspecified atom stereocenters. The zero-order valence-corrected chi connectivity index (χ0v) is 11.1. The second kappa shape index (κ2) is 6.18. The van der Waals surface area contributed by atoms with Crippen molar-refractivity contribution in [3.8, 4) is 0 Å². The van der Waals surface area contributed by atoms with E-state index >= 15 is 0 Å². The van der Waals surface area contributed by atoms with Gasteiger partial charge < -0.3 is 10.2 Å². The van der Waals surface area contributed by atoms with Gasteiger partial charge >= 0.3 is 0 Å². The van der Waals surface area contributed by atoms with E-state index in [1.54, 1.807) is 0 Å². The average Bonchev–Trinajstić information content (AvgIpc) is 2.38. The number of likely N-dealkylation sites (tertiary alicyclic amines) is 1. The number of benzene rings is 1. The maximum atomic E-state index is 3.40. The molecule has 0 radical (unpaired) electrons. The molecule has 94 valence electrons. The first-order chi connectivity index (χ1) is 8.29. The van der Waals surface area contributed by atoms with Gasteiger partial charge in [0.2, 0.25) is 0 Å². The molecule has 0 amide bonds. The number of likely N-dealkylation sites (N-methyl/N-ethyl adjacent to an activating group) is 1. The smallest absolute Gasteiger partial charge is 0.0192 e. The van der Waals surface area contributed by atoms with Crippen LogP contribution in [0.3, 0.4) is 0 Å². The monoisotopic (exact) mass is 232 g/mol. The number of rotatable bonds is 4. The van der Waals surface area contributed by atoms with Crippen LogP contribution < -0.4 is 5.32 Å². The fourth-order valence-electron chi connectivity index (χ4n) is 2.66. The highest BCUT2D eigenvalue weighted by Gasteiger charge is 2.17. The number of nitrogens with zero attached hydrogens (tertiary/aromatic N) is 1. The normalized spacial score (nSPS) is 21.6. The van der Waals surface area contributed by atoms with Crippen molar-refractivity contribution in [3.05, 3.63) is 35.4 Å². The summed E-state index contributed by atoms with van der Waals surface area (Å²) in [6, 6.07) is 9.43. The summed E-state index contributed by atoms with van der Waals surface area (Å²) in [6.45, 7) is 5.89. The van der Waals surface area contributed by atoms with Gasteiger partial charge in [0, 0.05) is 19.1 Å². The Kier molecular flexibility index (Phi) is 4.57. The Morgan fingerprint density at radius 1 is 1.35 bits per heavy atom. The van der Waals surface area contributed by atoms with E-state index in [4.69, 9.17) is 0 Å². The van der Waals surface area contributed by atoms with Crippen molar-refractivity contribution in [2.75, 3.05) is 26.7 Å². The summed E-state index contributed by atoms with van der Waals surface area (Å²) < 4.78 is 0. The summed E-state index contributed by atoms with van der Waals surface area (Å²) in [5.41, 5.74) is 2.92. The van der Waals surface area contributed by atoms with Crippen LogP contribution in [0.4, 0.5) is 0 Å². The zero-order valence-electron chi connectivity index (χ0n) is 11.1. The Morgan fingerprint density at radius 2 is 2.18 bits per heavy atom. The number of nitrogens with one attached hydrogen (secondary N) is 1. The molecule has 0 spiro atoms. The molecule has 1 aliphatic rings. The van der Waals surface area contributed by atoms with E-state index in [0.29, 0.717) is 6.04 Å². The molecule has 17 heavy (non-hydrogen) atoms. The van der Waals surface area contributed by atoms with E-state index in [1.165, 1.54) is 50.0 Å². The third-order valence-electron chi connectivity index (χ3n) is 3.87. The standard InChI is InChI=1S/C15H24N2/c1-13-6-3-4-7-14(13)9-11-17-10-5-8-15(12-17)16-2/h3-4,6-7,15-16H,5,8-12H2,1-2H3. The zero-order chi connectivity index (χ0) is 12.1. The predicted octanol–water partition coefficient (Wildman–Crippen LogP) is 2.22. The molecule has 0 aliphatic carbocycles. The van der Waals surface area contributed by atoms with Gasteiger partial charge in [-0.15, -0.1) is 0 Å². The molecule has 1 N–H and O–H groups in total. The highest BCUT2D eigenvalue weighted by molar-refractivity contribution is 5.25. The second-order valence-electron chi connectivity index (χ2n) is 5.10. The molecular formula is C15H24N2. The predicted molar refractivity (Wildman–Crippen MR) is 73.4 cm³/mol. The van der Waals surface area contributed by atoms with Crippen molar-refractivity contribution in [2.45, 2.75) is 32.2 Å². The lowest BCUT2D eigenvalue weighted by Crippen LogP contribution is -2.44. The Hall–Kier alpha value is -0.860. The van der Waals surface area contributed by atoms with Gasteiger partial charge in [0.15, 0.2) is 0 Å². The number of aryl methyl sites for hydroxylation is 1. The van der Waals surface area contributed by atoms with Gasteiger partial charge in [-0.2, -0.15) is 0 Å². The van der Waals surface area contributed by atoms with Crippen molar-refractivity contribution in [2.24, 2.45) is 0 Å². The lowest BCUT2D eigenvalue weighted by molar-refractivity contribution is 0.197. The lowest BCUT2D eigenvalue weighted by atomic mass is 10.0. The lowest BCUT2D eigenvalue weighted by Gasteiger charge is -2.32. The molecule has 0 saturated carbocycles. The summed E-state index contributed by atoms with van der Waals surface area (Å²) >= 11 is 0. The van der Waals surface area contributed by atoms with Crippen LogP contribution in [0.5, 0.6) is 0 Å². The van der Waals surface area contributed by atoms with Crippen LogP contribution in [0, 0.1) is 6.92 Å². The maximum Gasteiger partial charge on any atom is 0.0192 e. The minimum absolute atomic E-state index is 0.695. The first-order valence-corrected chi connectivity index (χ1v) is 6.73. The molecule has 1 aliphatic heterocycles. The summed E-state index contributed by atoms with van der Waals surface area (Å²) in [6.07, 6.45) is 3.85. The highest BCUT2D eigenvalue weighted by Crippen LogP contribution is 2.12. The van der Waals surface area contributed by atoms with Crippen LogP contribution in [-0.4, -0.2) is 37.6 Å². The van der Waals surface area contributed by atoms with Crippen molar-refractivity contribution >= 4 is 0 Å². The average molecular weight is 232 g/mol. The maximum absolute atomic E-state index is 3.40. The minimum atomic E-state index is 0.695. The quantitative estimate of drug-likeness (QED) is 0.856. The molecule has 0 aromatic heterocycles. The third-order valence-corrected chi connectivity index (χ3v) is 3.87. The SMILES string of the molecule is CNC1CCCN(CCc2ccccc2C)C1. The van der Waals surface area contributed by atoms with Crippen LogP contribution in [0.25, 0.3) is 0 Å². The molecule has 1 atom stereocenters. The van der Waals surface area contributed by atoms with Gasteiger partial charge in [0.25, 0.3) is 0 Å². The van der Waals surface area contributed by atoms with Crippen molar-refractivity contribution < 1.29 is 0 Å². The largest absolute Gasteiger partial charge is 0.316 e. The summed E-state index contributed by atoms with van der Waals surface area (Å²) in [5.74, 6) is 0. The van der Waals surface area contributed by atoms with Crippen LogP contribution >= 0.6 is 0 Å². The first kappa shape index (κ1) is 12.6. The molecule has 2 nitrogen and oxygen atoms in total. The molecule has 2 rings (SSSR count). The van der Waals surface area contributed by atoms with Crippen molar-refractivity contribution in [1.82, 2.24) is 10.2 Å². The van der Waals surface area contributed by atoms with E-state index in [2.05, 4.69) is 48.5 Å². The molecule has 1 aromatic carbocycles. The number of hydrogen-bond acceptors (Lipinski definition) is 2. The fraction of sp³-hybridized carbons (Fsp3) is 0.600. The molecule has 1 heterocycles. The van der Waals surface area contributed by atoms with E-state index in [-0.39, 0.29) is 0 Å². The summed E-state index contributed by atoms with van der Waals surface area (Å²) in [4.78, 5) is 2.59. The van der Waals surface area contributed by atoms with Crippen molar-refractivity contribution in [3.63, 3.8) is 0 Å². The van der Waals surface area contributed by atoms with Gasteiger partial charge in [-0.3, -0.25) is 0 Å². The Bertz CT molecular complexity index is 349. The molecule has 1 fully saturated rings. The van der Waals surface area contributed by atoms with Gasteiger partial charge in [-0.25, -0.2) is 0 Å². The highest BCUT2D eigenvalue weighted by atomic mass is 15.2. The van der Waals surface area contributed by atoms with Gasteiger partial charge in [-0.1, -0.05) is 24.3 Å². The second-order valence-corrected chi connectivity index (χ2v) is 5.10.